The van der Waals surface area contributed by atoms with Gasteiger partial charge in [0.05, 0.1) is 31.2 Å². The molecule has 31 heavy (non-hydrogen) atoms. The number of rotatable bonds is 5. The van der Waals surface area contributed by atoms with E-state index < -0.39 is 31.1 Å². The quantitative estimate of drug-likeness (QED) is 0.345. The van der Waals surface area contributed by atoms with Crippen molar-refractivity contribution < 1.29 is 20.1 Å². The van der Waals surface area contributed by atoms with E-state index in [1.54, 1.807) is 10.9 Å². The van der Waals surface area contributed by atoms with Crippen LogP contribution in [0.1, 0.15) is 11.8 Å². The highest BCUT2D eigenvalue weighted by Gasteiger charge is 2.44. The molecule has 0 radical (unpaired) electrons. The van der Waals surface area contributed by atoms with Gasteiger partial charge in [0, 0.05) is 6.20 Å². The highest BCUT2D eigenvalue weighted by molar-refractivity contribution is 5.83. The second-order valence-corrected chi connectivity index (χ2v) is 7.40. The number of nitrogens with two attached hydrogens (primary N) is 1. The van der Waals surface area contributed by atoms with Gasteiger partial charge in [0.1, 0.15) is 23.8 Å². The lowest BCUT2D eigenvalue weighted by Gasteiger charge is -2.16. The molecule has 0 spiro atoms. The summed E-state index contributed by atoms with van der Waals surface area (Å²) < 4.78 is 8.86. The maximum absolute atomic E-state index is 10.4. The molecule has 4 heterocycles. The first kappa shape index (κ1) is 19.6. The number of hydrogen-bond acceptors (Lipinski definition) is 9. The Kier molecular flexibility index (Phi) is 4.87. The predicted molar refractivity (Wildman–Crippen MR) is 110 cm³/mol. The molecule has 1 fully saturated rings. The van der Waals surface area contributed by atoms with Crippen LogP contribution >= 0.6 is 0 Å². The monoisotopic (exact) mass is 423 g/mol. The first-order valence-electron chi connectivity index (χ1n) is 9.74. The van der Waals surface area contributed by atoms with E-state index in [1.807, 2.05) is 36.5 Å². The van der Waals surface area contributed by atoms with Crippen molar-refractivity contribution in [3.63, 3.8) is 0 Å². The molecule has 3 aromatic heterocycles. The number of benzene rings is 1. The van der Waals surface area contributed by atoms with Crippen molar-refractivity contribution in [3.05, 3.63) is 54.6 Å². The maximum atomic E-state index is 10.4. The van der Waals surface area contributed by atoms with Crippen LogP contribution in [0.15, 0.2) is 49.1 Å². The van der Waals surface area contributed by atoms with Gasteiger partial charge in [-0.15, -0.1) is 0 Å². The Morgan fingerprint density at radius 2 is 1.90 bits per heavy atom. The summed E-state index contributed by atoms with van der Waals surface area (Å²) in [5.41, 5.74) is 8.56. The minimum absolute atomic E-state index is 0.168. The van der Waals surface area contributed by atoms with E-state index >= 15 is 0 Å². The molecule has 0 aliphatic carbocycles. The second kappa shape index (κ2) is 7.71. The Hall–Kier alpha value is -3.38. The van der Waals surface area contributed by atoms with Gasteiger partial charge in [0.2, 0.25) is 0 Å². The average Bonchev–Trinajstić information content (AvgIpc) is 3.48. The molecule has 0 unspecified atom stereocenters. The Morgan fingerprint density at radius 3 is 2.65 bits per heavy atom. The summed E-state index contributed by atoms with van der Waals surface area (Å²) in [6.45, 7) is 0.170. The van der Waals surface area contributed by atoms with Crippen LogP contribution in [-0.4, -0.2) is 69.5 Å². The summed E-state index contributed by atoms with van der Waals surface area (Å²) in [6, 6.07) is 9.93. The summed E-state index contributed by atoms with van der Waals surface area (Å²) in [7, 11) is 0. The Balaban J connectivity index is 1.49. The summed E-state index contributed by atoms with van der Waals surface area (Å²) >= 11 is 0. The molecule has 1 aromatic carbocycles. The first-order valence-corrected chi connectivity index (χ1v) is 9.74. The molecule has 0 saturated carbocycles. The number of nitrogens with zero attached hydrogens (tertiary/aromatic N) is 6. The number of fused-ring (bicyclic) bond motifs is 1. The zero-order valence-electron chi connectivity index (χ0n) is 16.4. The van der Waals surface area contributed by atoms with E-state index in [0.29, 0.717) is 29.1 Å². The van der Waals surface area contributed by atoms with Gasteiger partial charge in [-0.2, -0.15) is 5.10 Å². The van der Waals surface area contributed by atoms with E-state index in [2.05, 4.69) is 20.1 Å². The molecule has 1 aliphatic rings. The molecular formula is C20H21N7O4. The summed E-state index contributed by atoms with van der Waals surface area (Å²) in [5, 5.41) is 34.2. The molecule has 160 valence electrons. The maximum Gasteiger partial charge on any atom is 0.168 e. The molecule has 5 rings (SSSR count). The molecule has 1 saturated heterocycles. The zero-order chi connectivity index (χ0) is 21.5. The van der Waals surface area contributed by atoms with Crippen molar-refractivity contribution in [3.8, 4) is 11.4 Å². The van der Waals surface area contributed by atoms with Crippen LogP contribution in [0, 0.1) is 0 Å². The average molecular weight is 423 g/mol. The fourth-order valence-corrected chi connectivity index (χ4v) is 3.70. The molecule has 0 bridgehead atoms. The van der Waals surface area contributed by atoms with E-state index in [0.717, 1.165) is 5.56 Å². The van der Waals surface area contributed by atoms with Gasteiger partial charge in [0.25, 0.3) is 0 Å². The molecule has 1 aliphatic heterocycles. The molecule has 0 amide bonds. The summed E-state index contributed by atoms with van der Waals surface area (Å²) in [5.74, 6) is 0.513. The minimum Gasteiger partial charge on any atom is -0.394 e. The fraction of sp³-hybridized carbons (Fsp3) is 0.300. The van der Waals surface area contributed by atoms with Crippen molar-refractivity contribution in [1.29, 1.82) is 0 Å². The number of ether oxygens (including phenoxy) is 1. The van der Waals surface area contributed by atoms with E-state index in [1.165, 1.54) is 10.9 Å². The van der Waals surface area contributed by atoms with Gasteiger partial charge in [-0.1, -0.05) is 30.3 Å². The Labute approximate surface area is 176 Å². The van der Waals surface area contributed by atoms with Crippen molar-refractivity contribution >= 4 is 17.0 Å². The summed E-state index contributed by atoms with van der Waals surface area (Å²) in [4.78, 5) is 13.1. The minimum atomic E-state index is -1.26. The SMILES string of the molecule is Nc1nc(-c2cnn(Cc3ccccc3)c2)nc2c1ncn2[C@@H]1O[C@H](CO)[C@@H](O)[C@H]1O. The number of imidazole rings is 1. The lowest BCUT2D eigenvalue weighted by atomic mass is 10.1. The smallest absolute Gasteiger partial charge is 0.168 e. The largest absolute Gasteiger partial charge is 0.394 e. The van der Waals surface area contributed by atoms with Gasteiger partial charge in [0.15, 0.2) is 23.5 Å². The Morgan fingerprint density at radius 1 is 1.10 bits per heavy atom. The van der Waals surface area contributed by atoms with Crippen LogP contribution in [0.2, 0.25) is 0 Å². The van der Waals surface area contributed by atoms with E-state index in [-0.39, 0.29) is 5.82 Å². The van der Waals surface area contributed by atoms with Crippen LogP contribution in [0.4, 0.5) is 5.82 Å². The number of aliphatic hydroxyl groups is 3. The van der Waals surface area contributed by atoms with Crippen LogP contribution in [0.3, 0.4) is 0 Å². The van der Waals surface area contributed by atoms with E-state index in [4.69, 9.17) is 10.5 Å². The third-order valence-electron chi connectivity index (χ3n) is 5.32. The van der Waals surface area contributed by atoms with Crippen molar-refractivity contribution in [1.82, 2.24) is 29.3 Å². The number of anilines is 1. The highest BCUT2D eigenvalue weighted by Crippen LogP contribution is 2.32. The molecule has 5 N–H and O–H groups in total. The number of nitrogen functional groups attached to an aromatic ring is 1. The fourth-order valence-electron chi connectivity index (χ4n) is 3.70. The van der Waals surface area contributed by atoms with Crippen LogP contribution < -0.4 is 5.73 Å². The van der Waals surface area contributed by atoms with Gasteiger partial charge in [-0.3, -0.25) is 9.25 Å². The third-order valence-corrected chi connectivity index (χ3v) is 5.32. The van der Waals surface area contributed by atoms with Crippen LogP contribution in [0.5, 0.6) is 0 Å². The first-order chi connectivity index (χ1) is 15.0. The second-order valence-electron chi connectivity index (χ2n) is 7.40. The lowest BCUT2D eigenvalue weighted by molar-refractivity contribution is -0.0511. The Bertz CT molecular complexity index is 1210. The van der Waals surface area contributed by atoms with Crippen molar-refractivity contribution in [2.24, 2.45) is 0 Å². The lowest BCUT2D eigenvalue weighted by Crippen LogP contribution is -2.33. The molecule has 11 heteroatoms. The van der Waals surface area contributed by atoms with Gasteiger partial charge < -0.3 is 25.8 Å². The molecule has 11 nitrogen and oxygen atoms in total. The number of hydrogen-bond donors (Lipinski definition) is 4. The topological polar surface area (TPSA) is 157 Å². The van der Waals surface area contributed by atoms with Crippen LogP contribution in [-0.2, 0) is 11.3 Å². The normalized spacial score (nSPS) is 23.6. The third kappa shape index (κ3) is 3.43. The number of aliphatic hydroxyl groups excluding tert-OH is 3. The van der Waals surface area contributed by atoms with Gasteiger partial charge in [-0.25, -0.2) is 15.0 Å². The molecule has 4 aromatic rings. The highest BCUT2D eigenvalue weighted by atomic mass is 16.6. The predicted octanol–water partition coefficient (Wildman–Crippen LogP) is -0.0682. The van der Waals surface area contributed by atoms with Crippen LogP contribution in [0.25, 0.3) is 22.6 Å². The zero-order valence-corrected chi connectivity index (χ0v) is 16.4. The summed E-state index contributed by atoms with van der Waals surface area (Å²) in [6.07, 6.45) is 0.508. The number of aromatic nitrogens is 6. The molecular weight excluding hydrogens is 402 g/mol. The standard InChI is InChI=1S/C20H21N7O4/c21-17-14-19(27(10-22-14)20-16(30)15(29)13(9-28)31-20)25-18(24-17)12-6-23-26(8-12)7-11-4-2-1-3-5-11/h1-6,8,10,13,15-16,20,28-30H,7,9H2,(H2,21,24,25)/t13-,15-,16-,20-/m1/s1. The van der Waals surface area contributed by atoms with Gasteiger partial charge >= 0.3 is 0 Å². The van der Waals surface area contributed by atoms with Crippen molar-refractivity contribution in [2.45, 2.75) is 31.1 Å². The van der Waals surface area contributed by atoms with Crippen molar-refractivity contribution in [2.75, 3.05) is 12.3 Å². The van der Waals surface area contributed by atoms with E-state index in [9.17, 15) is 15.3 Å². The van der Waals surface area contributed by atoms with Gasteiger partial charge in [-0.05, 0) is 5.56 Å². The molecule has 4 atom stereocenters.